The molecule has 0 saturated carbocycles. The number of anilines is 1. The highest BCUT2D eigenvalue weighted by atomic mass is 19.3. The monoisotopic (exact) mass is 217 g/mol. The first-order chi connectivity index (χ1) is 6.92. The number of halogens is 2. The number of hydrogen-bond donors (Lipinski definition) is 2. The summed E-state index contributed by atoms with van der Waals surface area (Å²) in [5.41, 5.74) is 0.783. The molecule has 7 heteroatoms. The predicted octanol–water partition coefficient (Wildman–Crippen LogP) is 0.917. The van der Waals surface area contributed by atoms with Gasteiger partial charge in [0.25, 0.3) is 0 Å². The van der Waals surface area contributed by atoms with Gasteiger partial charge in [-0.1, -0.05) is 0 Å². The van der Waals surface area contributed by atoms with Crippen LogP contribution in [0.3, 0.4) is 0 Å². The molecule has 0 amide bonds. The number of carbonyl (C=O) groups is 1. The van der Waals surface area contributed by atoms with Crippen LogP contribution in [0.5, 0.6) is 0 Å². The molecule has 0 aliphatic heterocycles. The number of carboxylic acids is 1. The Morgan fingerprint density at radius 2 is 2.07 bits per heavy atom. The van der Waals surface area contributed by atoms with Crippen molar-refractivity contribution in [1.82, 2.24) is 9.97 Å². The van der Waals surface area contributed by atoms with E-state index in [0.29, 0.717) is 0 Å². The number of aryl methyl sites for hydroxylation is 1. The molecule has 0 atom stereocenters. The van der Waals surface area contributed by atoms with Crippen LogP contribution in [0.1, 0.15) is 5.56 Å². The Bertz CT molecular complexity index is 353. The van der Waals surface area contributed by atoms with Gasteiger partial charge >= 0.3 is 11.9 Å². The maximum absolute atomic E-state index is 12.6. The Morgan fingerprint density at radius 1 is 1.53 bits per heavy atom. The first kappa shape index (κ1) is 11.3. The number of alkyl halides is 2. The summed E-state index contributed by atoms with van der Waals surface area (Å²) in [6.45, 7) is 0.709. The van der Waals surface area contributed by atoms with Crippen molar-refractivity contribution < 1.29 is 18.7 Å². The molecular weight excluding hydrogens is 208 g/mol. The highest BCUT2D eigenvalue weighted by Crippen LogP contribution is 2.13. The van der Waals surface area contributed by atoms with Crippen LogP contribution in [0, 0.1) is 6.92 Å². The summed E-state index contributed by atoms with van der Waals surface area (Å²) in [7, 11) is 0. The summed E-state index contributed by atoms with van der Waals surface area (Å²) < 4.78 is 25.2. The van der Waals surface area contributed by atoms with Gasteiger partial charge in [-0.05, 0) is 12.5 Å². The van der Waals surface area contributed by atoms with Crippen LogP contribution in [-0.2, 0) is 4.79 Å². The first-order valence-electron chi connectivity index (χ1n) is 4.05. The molecule has 1 aromatic heterocycles. The molecule has 0 unspecified atom stereocenters. The number of carboxylic acid groups (broad SMARTS) is 1. The van der Waals surface area contributed by atoms with Crippen LogP contribution < -0.4 is 5.32 Å². The summed E-state index contributed by atoms with van der Waals surface area (Å²) in [5.74, 6) is -6.03. The van der Waals surface area contributed by atoms with E-state index in [1.165, 1.54) is 12.4 Å². The Balaban J connectivity index is 2.57. The van der Waals surface area contributed by atoms with Gasteiger partial charge in [-0.3, -0.25) is 0 Å². The fourth-order valence-electron chi connectivity index (χ4n) is 0.750. The van der Waals surface area contributed by atoms with E-state index in [0.717, 1.165) is 5.56 Å². The standard InChI is InChI=1S/C8H9F2N3O2/c1-5-2-11-7(12-3-5)13-4-8(9,10)6(14)15/h2-3H,4H2,1H3,(H,14,15)(H,11,12,13). The van der Waals surface area contributed by atoms with Crippen molar-refractivity contribution >= 4 is 11.9 Å². The van der Waals surface area contributed by atoms with Crippen LogP contribution in [0.2, 0.25) is 0 Å². The van der Waals surface area contributed by atoms with Crippen molar-refractivity contribution in [2.24, 2.45) is 0 Å². The average Bonchev–Trinajstić information content (AvgIpc) is 2.17. The number of nitrogens with one attached hydrogen (secondary N) is 1. The van der Waals surface area contributed by atoms with E-state index < -0.39 is 18.4 Å². The van der Waals surface area contributed by atoms with Crippen molar-refractivity contribution in [2.75, 3.05) is 11.9 Å². The zero-order valence-electron chi connectivity index (χ0n) is 7.87. The third-order valence-electron chi connectivity index (χ3n) is 1.56. The van der Waals surface area contributed by atoms with Gasteiger partial charge in [0.05, 0.1) is 6.54 Å². The molecule has 1 heterocycles. The molecule has 0 aromatic carbocycles. The Hall–Kier alpha value is -1.79. The van der Waals surface area contributed by atoms with Crippen molar-refractivity contribution in [3.05, 3.63) is 18.0 Å². The Labute approximate surface area is 84.2 Å². The summed E-state index contributed by atoms with van der Waals surface area (Å²) >= 11 is 0. The van der Waals surface area contributed by atoms with Crippen LogP contribution in [0.4, 0.5) is 14.7 Å². The minimum absolute atomic E-state index is 0.0264. The van der Waals surface area contributed by atoms with Gasteiger partial charge in [-0.25, -0.2) is 14.8 Å². The second kappa shape index (κ2) is 4.16. The molecule has 0 aliphatic carbocycles. The number of rotatable bonds is 4. The molecule has 82 valence electrons. The molecule has 1 rings (SSSR count). The van der Waals surface area contributed by atoms with E-state index in [1.807, 2.05) is 0 Å². The van der Waals surface area contributed by atoms with E-state index in [-0.39, 0.29) is 5.95 Å². The maximum atomic E-state index is 12.6. The molecule has 0 bridgehead atoms. The van der Waals surface area contributed by atoms with Crippen LogP contribution >= 0.6 is 0 Å². The molecular formula is C8H9F2N3O2. The Kier molecular flexibility index (Phi) is 3.13. The lowest BCUT2D eigenvalue weighted by atomic mass is 10.3. The van der Waals surface area contributed by atoms with Crippen molar-refractivity contribution in [3.63, 3.8) is 0 Å². The molecule has 0 saturated heterocycles. The van der Waals surface area contributed by atoms with Gasteiger partial charge in [-0.2, -0.15) is 8.78 Å². The normalized spacial score (nSPS) is 11.1. The fraction of sp³-hybridized carbons (Fsp3) is 0.375. The summed E-state index contributed by atoms with van der Waals surface area (Å²) in [4.78, 5) is 17.4. The second-order valence-corrected chi connectivity index (χ2v) is 2.95. The van der Waals surface area contributed by atoms with E-state index in [4.69, 9.17) is 5.11 Å². The van der Waals surface area contributed by atoms with E-state index >= 15 is 0 Å². The molecule has 0 aliphatic rings. The first-order valence-corrected chi connectivity index (χ1v) is 4.05. The number of hydrogen-bond acceptors (Lipinski definition) is 4. The molecule has 0 radical (unpaired) electrons. The van der Waals surface area contributed by atoms with Gasteiger partial charge < -0.3 is 10.4 Å². The third kappa shape index (κ3) is 3.12. The number of aliphatic carboxylic acids is 1. The van der Waals surface area contributed by atoms with Crippen LogP contribution in [0.25, 0.3) is 0 Å². The zero-order chi connectivity index (χ0) is 11.5. The lowest BCUT2D eigenvalue weighted by Crippen LogP contribution is -2.36. The topological polar surface area (TPSA) is 75.1 Å². The van der Waals surface area contributed by atoms with Gasteiger partial charge in [0.15, 0.2) is 0 Å². The summed E-state index contributed by atoms with van der Waals surface area (Å²) in [5, 5.41) is 10.3. The fourth-order valence-corrected chi connectivity index (χ4v) is 0.750. The molecule has 15 heavy (non-hydrogen) atoms. The zero-order valence-corrected chi connectivity index (χ0v) is 7.87. The van der Waals surface area contributed by atoms with Gasteiger partial charge in [0.2, 0.25) is 5.95 Å². The number of aromatic nitrogens is 2. The van der Waals surface area contributed by atoms with Gasteiger partial charge in [-0.15, -0.1) is 0 Å². The van der Waals surface area contributed by atoms with Gasteiger partial charge in [0.1, 0.15) is 0 Å². The molecule has 0 fully saturated rings. The van der Waals surface area contributed by atoms with E-state index in [9.17, 15) is 13.6 Å². The Morgan fingerprint density at radius 3 is 2.53 bits per heavy atom. The van der Waals surface area contributed by atoms with Crippen molar-refractivity contribution in [2.45, 2.75) is 12.8 Å². The van der Waals surface area contributed by atoms with E-state index in [2.05, 4.69) is 15.3 Å². The minimum atomic E-state index is -3.83. The molecule has 1 aromatic rings. The lowest BCUT2D eigenvalue weighted by molar-refractivity contribution is -0.162. The molecule has 0 spiro atoms. The molecule has 5 nitrogen and oxygen atoms in total. The average molecular weight is 217 g/mol. The summed E-state index contributed by atoms with van der Waals surface area (Å²) in [6.07, 6.45) is 2.88. The van der Waals surface area contributed by atoms with E-state index in [1.54, 1.807) is 6.92 Å². The summed E-state index contributed by atoms with van der Waals surface area (Å²) in [6, 6.07) is 0. The highest BCUT2D eigenvalue weighted by Gasteiger charge is 2.38. The quantitative estimate of drug-likeness (QED) is 0.784. The van der Waals surface area contributed by atoms with Crippen molar-refractivity contribution in [3.8, 4) is 0 Å². The minimum Gasteiger partial charge on any atom is -0.477 e. The van der Waals surface area contributed by atoms with Crippen LogP contribution in [0.15, 0.2) is 12.4 Å². The largest absolute Gasteiger partial charge is 0.477 e. The lowest BCUT2D eigenvalue weighted by Gasteiger charge is -2.11. The van der Waals surface area contributed by atoms with Crippen LogP contribution in [-0.4, -0.2) is 33.5 Å². The van der Waals surface area contributed by atoms with Gasteiger partial charge in [0, 0.05) is 12.4 Å². The third-order valence-corrected chi connectivity index (χ3v) is 1.56. The second-order valence-electron chi connectivity index (χ2n) is 2.95. The number of nitrogens with zero attached hydrogens (tertiary/aromatic N) is 2. The smallest absolute Gasteiger partial charge is 0.376 e. The predicted molar refractivity (Wildman–Crippen MR) is 47.8 cm³/mol. The van der Waals surface area contributed by atoms with Crippen molar-refractivity contribution in [1.29, 1.82) is 0 Å². The highest BCUT2D eigenvalue weighted by molar-refractivity contribution is 5.76. The SMILES string of the molecule is Cc1cnc(NCC(F)(F)C(=O)O)nc1. The maximum Gasteiger partial charge on any atom is 0.376 e. The molecule has 2 N–H and O–H groups in total.